The molecule has 1 heterocycles. The van der Waals surface area contributed by atoms with Crippen molar-refractivity contribution in [3.63, 3.8) is 0 Å². The summed E-state index contributed by atoms with van der Waals surface area (Å²) in [6, 6.07) is 78.8. The molecular weight excluding hydrogens is 653 g/mol. The van der Waals surface area contributed by atoms with Gasteiger partial charge in [0, 0.05) is 33.4 Å². The van der Waals surface area contributed by atoms with E-state index in [1.807, 2.05) is 0 Å². The minimum atomic E-state index is 1.09. The molecule has 0 saturated carbocycles. The number of aromatic nitrogens is 1. The lowest BCUT2D eigenvalue weighted by atomic mass is 9.99. The van der Waals surface area contributed by atoms with Gasteiger partial charge in [-0.2, -0.15) is 0 Å². The molecule has 10 aromatic rings. The predicted octanol–water partition coefficient (Wildman–Crippen LogP) is 14.4. The standard InChI is InChI=1S/C52H36N2/c1-3-14-37(15-4-1)38-26-28-39(29-27-38)40-30-33-43(34-31-40)53(49-24-11-9-21-46(49)41-16-5-2-6-17-41)44-19-13-20-45(36-44)54-50-25-12-10-23-48(50)52-47-22-8-7-18-42(47)32-35-51(52)54/h1-36H. The van der Waals surface area contributed by atoms with Crippen LogP contribution in [0.15, 0.2) is 218 Å². The van der Waals surface area contributed by atoms with Gasteiger partial charge in [-0.05, 0) is 87.1 Å². The molecule has 10 rings (SSSR count). The number of fused-ring (bicyclic) bond motifs is 5. The van der Waals surface area contributed by atoms with Crippen molar-refractivity contribution in [2.45, 2.75) is 0 Å². The summed E-state index contributed by atoms with van der Waals surface area (Å²) in [6.45, 7) is 0. The topological polar surface area (TPSA) is 8.17 Å². The van der Waals surface area contributed by atoms with E-state index < -0.39 is 0 Å². The maximum atomic E-state index is 2.42. The molecule has 0 radical (unpaired) electrons. The summed E-state index contributed by atoms with van der Waals surface area (Å²) in [4.78, 5) is 2.40. The molecule has 0 bridgehead atoms. The molecule has 0 saturated heterocycles. The van der Waals surface area contributed by atoms with Gasteiger partial charge in [0.2, 0.25) is 0 Å². The Labute approximate surface area is 315 Å². The first-order chi connectivity index (χ1) is 26.8. The Morgan fingerprint density at radius 1 is 0.333 bits per heavy atom. The molecule has 0 amide bonds. The molecule has 0 fully saturated rings. The van der Waals surface area contributed by atoms with Crippen molar-refractivity contribution in [2.24, 2.45) is 0 Å². The van der Waals surface area contributed by atoms with Gasteiger partial charge in [-0.25, -0.2) is 0 Å². The lowest BCUT2D eigenvalue weighted by molar-refractivity contribution is 1.17. The molecule has 0 atom stereocenters. The molecule has 0 aliphatic carbocycles. The Morgan fingerprint density at radius 3 is 1.65 bits per heavy atom. The van der Waals surface area contributed by atoms with E-state index in [4.69, 9.17) is 0 Å². The third-order valence-corrected chi connectivity index (χ3v) is 10.6. The van der Waals surface area contributed by atoms with E-state index in [9.17, 15) is 0 Å². The summed E-state index contributed by atoms with van der Waals surface area (Å²) in [7, 11) is 0. The molecule has 0 aliphatic heterocycles. The van der Waals surface area contributed by atoms with Gasteiger partial charge in [-0.1, -0.05) is 170 Å². The normalized spacial score (nSPS) is 11.3. The van der Waals surface area contributed by atoms with Gasteiger partial charge in [0.25, 0.3) is 0 Å². The third kappa shape index (κ3) is 5.53. The van der Waals surface area contributed by atoms with Gasteiger partial charge in [0.05, 0.1) is 16.7 Å². The van der Waals surface area contributed by atoms with E-state index in [1.54, 1.807) is 0 Å². The smallest absolute Gasteiger partial charge is 0.0547 e. The van der Waals surface area contributed by atoms with Crippen LogP contribution < -0.4 is 4.90 Å². The van der Waals surface area contributed by atoms with E-state index in [-0.39, 0.29) is 0 Å². The molecule has 0 aliphatic rings. The van der Waals surface area contributed by atoms with Crippen LogP contribution in [0, 0.1) is 0 Å². The van der Waals surface area contributed by atoms with Crippen LogP contribution in [-0.4, -0.2) is 4.57 Å². The fraction of sp³-hybridized carbons (Fsp3) is 0. The molecule has 2 heteroatoms. The first kappa shape index (κ1) is 31.6. The van der Waals surface area contributed by atoms with Gasteiger partial charge in [0.1, 0.15) is 0 Å². The predicted molar refractivity (Wildman–Crippen MR) is 229 cm³/mol. The van der Waals surface area contributed by atoms with E-state index in [0.29, 0.717) is 0 Å². The van der Waals surface area contributed by atoms with Gasteiger partial charge in [-0.15, -0.1) is 0 Å². The van der Waals surface area contributed by atoms with Crippen molar-refractivity contribution in [3.05, 3.63) is 218 Å². The SMILES string of the molecule is c1ccc(-c2ccc(-c3ccc(N(c4cccc(-n5c6ccccc6c6c7ccccc7ccc65)c4)c4ccccc4-c4ccccc4)cc3)cc2)cc1. The number of hydrogen-bond donors (Lipinski definition) is 0. The molecule has 54 heavy (non-hydrogen) atoms. The minimum absolute atomic E-state index is 1.09. The van der Waals surface area contributed by atoms with Gasteiger partial charge in [-0.3, -0.25) is 0 Å². The third-order valence-electron chi connectivity index (χ3n) is 10.6. The van der Waals surface area contributed by atoms with Crippen LogP contribution in [-0.2, 0) is 0 Å². The van der Waals surface area contributed by atoms with Gasteiger partial charge >= 0.3 is 0 Å². The number of para-hydroxylation sites is 2. The molecule has 9 aromatic carbocycles. The van der Waals surface area contributed by atoms with Crippen molar-refractivity contribution in [3.8, 4) is 39.1 Å². The maximum absolute atomic E-state index is 2.42. The Balaban J connectivity index is 1.12. The zero-order valence-corrected chi connectivity index (χ0v) is 29.7. The second-order valence-corrected chi connectivity index (χ2v) is 13.8. The van der Waals surface area contributed by atoms with Crippen molar-refractivity contribution >= 4 is 49.6 Å². The Bertz CT molecular complexity index is 2910. The van der Waals surface area contributed by atoms with Crippen molar-refractivity contribution in [1.29, 1.82) is 0 Å². The highest BCUT2D eigenvalue weighted by atomic mass is 15.1. The molecule has 2 nitrogen and oxygen atoms in total. The molecule has 1 aromatic heterocycles. The lowest BCUT2D eigenvalue weighted by Crippen LogP contribution is -2.11. The number of benzene rings is 9. The second kappa shape index (κ2) is 13.4. The van der Waals surface area contributed by atoms with Crippen molar-refractivity contribution < 1.29 is 0 Å². The fourth-order valence-electron chi connectivity index (χ4n) is 8.03. The number of anilines is 3. The van der Waals surface area contributed by atoms with Crippen molar-refractivity contribution in [2.75, 3.05) is 4.90 Å². The zero-order valence-electron chi connectivity index (χ0n) is 29.7. The fourth-order valence-corrected chi connectivity index (χ4v) is 8.03. The number of rotatable bonds is 7. The Hall–Kier alpha value is -7.16. The summed E-state index contributed by atoms with van der Waals surface area (Å²) in [6.07, 6.45) is 0. The van der Waals surface area contributed by atoms with E-state index >= 15 is 0 Å². The quantitative estimate of drug-likeness (QED) is 0.162. The molecule has 0 spiro atoms. The highest BCUT2D eigenvalue weighted by Gasteiger charge is 2.20. The van der Waals surface area contributed by atoms with E-state index in [0.717, 1.165) is 22.7 Å². The summed E-state index contributed by atoms with van der Waals surface area (Å²) >= 11 is 0. The highest BCUT2D eigenvalue weighted by molar-refractivity contribution is 6.21. The van der Waals surface area contributed by atoms with Crippen LogP contribution in [0.1, 0.15) is 0 Å². The number of hydrogen-bond acceptors (Lipinski definition) is 1. The Morgan fingerprint density at radius 2 is 0.907 bits per heavy atom. The molecule has 0 unspecified atom stereocenters. The van der Waals surface area contributed by atoms with Crippen LogP contribution in [0.5, 0.6) is 0 Å². The van der Waals surface area contributed by atoms with Crippen molar-refractivity contribution in [1.82, 2.24) is 4.57 Å². The summed E-state index contributed by atoms with van der Waals surface area (Å²) in [5.74, 6) is 0. The van der Waals surface area contributed by atoms with Gasteiger partial charge in [0.15, 0.2) is 0 Å². The van der Waals surface area contributed by atoms with Crippen LogP contribution in [0.3, 0.4) is 0 Å². The number of nitrogens with zero attached hydrogens (tertiary/aromatic N) is 2. The van der Waals surface area contributed by atoms with Crippen LogP contribution >= 0.6 is 0 Å². The first-order valence-corrected chi connectivity index (χ1v) is 18.5. The van der Waals surface area contributed by atoms with E-state index in [2.05, 4.69) is 228 Å². The first-order valence-electron chi connectivity index (χ1n) is 18.5. The summed E-state index contributed by atoms with van der Waals surface area (Å²) in [5.41, 5.74) is 14.0. The van der Waals surface area contributed by atoms with Crippen LogP contribution in [0.25, 0.3) is 71.6 Å². The van der Waals surface area contributed by atoms with E-state index in [1.165, 1.54) is 66.0 Å². The van der Waals surface area contributed by atoms with Crippen LogP contribution in [0.4, 0.5) is 17.1 Å². The highest BCUT2D eigenvalue weighted by Crippen LogP contribution is 2.43. The molecule has 254 valence electrons. The molecular formula is C52H36N2. The largest absolute Gasteiger partial charge is 0.310 e. The van der Waals surface area contributed by atoms with Gasteiger partial charge < -0.3 is 9.47 Å². The average Bonchev–Trinajstić information content (AvgIpc) is 3.60. The zero-order chi connectivity index (χ0) is 35.8. The minimum Gasteiger partial charge on any atom is -0.310 e. The lowest BCUT2D eigenvalue weighted by Gasteiger charge is -2.28. The molecule has 0 N–H and O–H groups in total. The summed E-state index contributed by atoms with van der Waals surface area (Å²) in [5, 5.41) is 5.07. The summed E-state index contributed by atoms with van der Waals surface area (Å²) < 4.78 is 2.42. The second-order valence-electron chi connectivity index (χ2n) is 13.8. The average molecular weight is 689 g/mol. The Kier molecular flexibility index (Phi) is 7.85. The monoisotopic (exact) mass is 688 g/mol. The van der Waals surface area contributed by atoms with Crippen LogP contribution in [0.2, 0.25) is 0 Å². The maximum Gasteiger partial charge on any atom is 0.0547 e.